The van der Waals surface area contributed by atoms with E-state index in [-0.39, 0.29) is 18.4 Å². The molecule has 1 saturated heterocycles. The molecular weight excluding hydrogens is 266 g/mol. The summed E-state index contributed by atoms with van der Waals surface area (Å²) in [6.45, 7) is 1.03. The van der Waals surface area contributed by atoms with Crippen LogP contribution in [0, 0.1) is 0 Å². The number of rotatable bonds is 4. The molecule has 1 aliphatic rings. The number of ether oxygens (including phenoxy) is 1. The van der Waals surface area contributed by atoms with Gasteiger partial charge in [0.2, 0.25) is 5.89 Å². The van der Waals surface area contributed by atoms with E-state index in [0.29, 0.717) is 12.3 Å². The molecule has 1 atom stereocenters. The highest BCUT2D eigenvalue weighted by Gasteiger charge is 2.24. The monoisotopic (exact) mass is 281 g/mol. The van der Waals surface area contributed by atoms with Crippen LogP contribution < -0.4 is 10.1 Å². The predicted octanol–water partition coefficient (Wildman–Crippen LogP) is 2.13. The topological polar surface area (TPSA) is 60.2 Å². The lowest BCUT2D eigenvalue weighted by atomic mass is 10.1. The first kappa shape index (κ1) is 13.8. The molecule has 6 heteroatoms. The van der Waals surface area contributed by atoms with Crippen LogP contribution in [-0.2, 0) is 6.42 Å². The Labute approximate surface area is 117 Å². The van der Waals surface area contributed by atoms with Gasteiger partial charge >= 0.3 is 0 Å². The van der Waals surface area contributed by atoms with E-state index in [1.54, 1.807) is 7.11 Å². The van der Waals surface area contributed by atoms with Gasteiger partial charge in [0.15, 0.2) is 5.82 Å². The van der Waals surface area contributed by atoms with E-state index >= 15 is 0 Å². The number of halogens is 1. The minimum Gasteiger partial charge on any atom is -0.497 e. The lowest BCUT2D eigenvalue weighted by Crippen LogP contribution is -2.35. The van der Waals surface area contributed by atoms with Crippen molar-refractivity contribution < 1.29 is 9.26 Å². The Morgan fingerprint density at radius 1 is 1.37 bits per heavy atom. The number of aromatic nitrogens is 2. The molecule has 1 aromatic carbocycles. The van der Waals surface area contributed by atoms with Crippen molar-refractivity contribution in [3.63, 3.8) is 0 Å². The van der Waals surface area contributed by atoms with E-state index in [0.717, 1.165) is 30.1 Å². The molecular formula is C13H16ClN3O2. The van der Waals surface area contributed by atoms with Crippen molar-refractivity contribution in [1.82, 2.24) is 15.5 Å². The molecule has 102 valence electrons. The van der Waals surface area contributed by atoms with Crippen molar-refractivity contribution in [2.75, 3.05) is 13.7 Å². The maximum Gasteiger partial charge on any atom is 0.243 e. The number of hydrogen-bond acceptors (Lipinski definition) is 5. The average molecular weight is 282 g/mol. The third-order valence-electron chi connectivity index (χ3n) is 3.13. The Morgan fingerprint density at radius 2 is 2.11 bits per heavy atom. The quantitative estimate of drug-likeness (QED) is 0.930. The number of nitrogens with zero attached hydrogens (tertiary/aromatic N) is 2. The highest BCUT2D eigenvalue weighted by atomic mass is 35.5. The number of methoxy groups -OCH3 is 1. The first-order valence-corrected chi connectivity index (χ1v) is 6.04. The molecule has 19 heavy (non-hydrogen) atoms. The van der Waals surface area contributed by atoms with Crippen LogP contribution in [-0.4, -0.2) is 23.8 Å². The Balaban J connectivity index is 0.00000133. The van der Waals surface area contributed by atoms with Gasteiger partial charge in [-0.2, -0.15) is 4.98 Å². The predicted molar refractivity (Wildman–Crippen MR) is 72.7 cm³/mol. The zero-order valence-electron chi connectivity index (χ0n) is 10.6. The normalized spacial score (nSPS) is 17.4. The third kappa shape index (κ3) is 3.05. The maximum absolute atomic E-state index is 5.24. The lowest BCUT2D eigenvalue weighted by Gasteiger charge is -2.23. The van der Waals surface area contributed by atoms with Crippen molar-refractivity contribution in [2.45, 2.75) is 18.9 Å². The SMILES string of the molecule is COc1ccc(Cc2noc([C@H]3CCN3)n2)cc1.Cl. The molecule has 2 aromatic rings. The van der Waals surface area contributed by atoms with Gasteiger partial charge in [-0.1, -0.05) is 17.3 Å². The highest BCUT2D eigenvalue weighted by Crippen LogP contribution is 2.21. The summed E-state index contributed by atoms with van der Waals surface area (Å²) in [5.41, 5.74) is 1.14. The van der Waals surface area contributed by atoms with E-state index in [2.05, 4.69) is 15.5 Å². The standard InChI is InChI=1S/C13H15N3O2.ClH/c1-17-10-4-2-9(3-5-10)8-12-15-13(18-16-12)11-6-7-14-11;/h2-5,11,14H,6-8H2,1H3;1H/t11-;/m1./s1. The molecule has 0 bridgehead atoms. The Morgan fingerprint density at radius 3 is 2.68 bits per heavy atom. The second-order valence-electron chi connectivity index (χ2n) is 4.37. The van der Waals surface area contributed by atoms with Crippen molar-refractivity contribution in [3.05, 3.63) is 41.5 Å². The van der Waals surface area contributed by atoms with Gasteiger partial charge in [0.1, 0.15) is 5.75 Å². The van der Waals surface area contributed by atoms with E-state index in [1.807, 2.05) is 24.3 Å². The molecule has 0 radical (unpaired) electrons. The van der Waals surface area contributed by atoms with Crippen LogP contribution in [0.25, 0.3) is 0 Å². The van der Waals surface area contributed by atoms with Crippen LogP contribution in [0.15, 0.2) is 28.8 Å². The Hall–Kier alpha value is -1.59. The fourth-order valence-electron chi connectivity index (χ4n) is 1.91. The van der Waals surface area contributed by atoms with Crippen LogP contribution in [0.1, 0.15) is 29.7 Å². The first-order chi connectivity index (χ1) is 8.85. The van der Waals surface area contributed by atoms with Gasteiger partial charge in [0.25, 0.3) is 0 Å². The molecule has 1 aliphatic heterocycles. The molecule has 3 rings (SSSR count). The van der Waals surface area contributed by atoms with Gasteiger partial charge in [-0.15, -0.1) is 12.4 Å². The molecule has 0 aliphatic carbocycles. The molecule has 0 spiro atoms. The summed E-state index contributed by atoms with van der Waals surface area (Å²) in [4.78, 5) is 4.40. The summed E-state index contributed by atoms with van der Waals surface area (Å²) < 4.78 is 10.4. The van der Waals surface area contributed by atoms with Crippen LogP contribution in [0.2, 0.25) is 0 Å². The number of benzene rings is 1. The molecule has 1 fully saturated rings. The zero-order chi connectivity index (χ0) is 12.4. The average Bonchev–Trinajstić information content (AvgIpc) is 2.76. The second-order valence-corrected chi connectivity index (χ2v) is 4.37. The van der Waals surface area contributed by atoms with Crippen molar-refractivity contribution in [2.24, 2.45) is 0 Å². The summed E-state index contributed by atoms with van der Waals surface area (Å²) in [5.74, 6) is 2.28. The minimum atomic E-state index is 0. The lowest BCUT2D eigenvalue weighted by molar-refractivity contribution is 0.272. The number of hydrogen-bond donors (Lipinski definition) is 1. The summed E-state index contributed by atoms with van der Waals surface area (Å²) in [6.07, 6.45) is 1.75. The fourth-order valence-corrected chi connectivity index (χ4v) is 1.91. The van der Waals surface area contributed by atoms with E-state index in [1.165, 1.54) is 0 Å². The van der Waals surface area contributed by atoms with Crippen LogP contribution in [0.5, 0.6) is 5.75 Å². The number of nitrogens with one attached hydrogen (secondary N) is 1. The van der Waals surface area contributed by atoms with Gasteiger partial charge < -0.3 is 14.6 Å². The molecule has 0 amide bonds. The maximum atomic E-state index is 5.24. The summed E-state index contributed by atoms with van der Waals surface area (Å²) in [5, 5.41) is 7.24. The summed E-state index contributed by atoms with van der Waals surface area (Å²) in [6, 6.07) is 8.14. The molecule has 1 N–H and O–H groups in total. The largest absolute Gasteiger partial charge is 0.497 e. The fraction of sp³-hybridized carbons (Fsp3) is 0.385. The molecule has 2 heterocycles. The highest BCUT2D eigenvalue weighted by molar-refractivity contribution is 5.85. The van der Waals surface area contributed by atoms with Gasteiger partial charge in [-0.25, -0.2) is 0 Å². The first-order valence-electron chi connectivity index (χ1n) is 6.04. The zero-order valence-corrected chi connectivity index (χ0v) is 11.4. The Bertz CT molecular complexity index is 523. The van der Waals surface area contributed by atoms with Crippen molar-refractivity contribution in [3.8, 4) is 5.75 Å². The van der Waals surface area contributed by atoms with E-state index in [4.69, 9.17) is 9.26 Å². The van der Waals surface area contributed by atoms with Gasteiger partial charge in [0, 0.05) is 6.42 Å². The second kappa shape index (κ2) is 6.04. The van der Waals surface area contributed by atoms with Gasteiger partial charge in [0.05, 0.1) is 13.2 Å². The summed E-state index contributed by atoms with van der Waals surface area (Å²) in [7, 11) is 1.66. The van der Waals surface area contributed by atoms with Crippen molar-refractivity contribution in [1.29, 1.82) is 0 Å². The van der Waals surface area contributed by atoms with Gasteiger partial charge in [-0.3, -0.25) is 0 Å². The smallest absolute Gasteiger partial charge is 0.243 e. The van der Waals surface area contributed by atoms with Crippen LogP contribution in [0.4, 0.5) is 0 Å². The Kier molecular flexibility index (Phi) is 4.39. The third-order valence-corrected chi connectivity index (χ3v) is 3.13. The minimum absolute atomic E-state index is 0. The van der Waals surface area contributed by atoms with Crippen LogP contribution >= 0.6 is 12.4 Å². The molecule has 1 aromatic heterocycles. The molecule has 0 saturated carbocycles. The van der Waals surface area contributed by atoms with Crippen molar-refractivity contribution >= 4 is 12.4 Å². The molecule has 0 unspecified atom stereocenters. The summed E-state index contributed by atoms with van der Waals surface area (Å²) >= 11 is 0. The van der Waals surface area contributed by atoms with Gasteiger partial charge in [-0.05, 0) is 30.7 Å². The van der Waals surface area contributed by atoms with E-state index in [9.17, 15) is 0 Å². The molecule has 5 nitrogen and oxygen atoms in total. The van der Waals surface area contributed by atoms with Crippen LogP contribution in [0.3, 0.4) is 0 Å². The van der Waals surface area contributed by atoms with E-state index < -0.39 is 0 Å².